The highest BCUT2D eigenvalue weighted by molar-refractivity contribution is 6.05. The van der Waals surface area contributed by atoms with Crippen LogP contribution in [0.25, 0.3) is 0 Å². The Morgan fingerprint density at radius 2 is 1.53 bits per heavy atom. The van der Waals surface area contributed by atoms with Gasteiger partial charge in [-0.3, -0.25) is 9.59 Å². The number of hydrogen-bond donors (Lipinski definition) is 2. The van der Waals surface area contributed by atoms with Crippen molar-refractivity contribution < 1.29 is 19.1 Å². The lowest BCUT2D eigenvalue weighted by Crippen LogP contribution is -2.20. The van der Waals surface area contributed by atoms with Gasteiger partial charge in [-0.1, -0.05) is 24.3 Å². The van der Waals surface area contributed by atoms with E-state index < -0.39 is 0 Å². The number of carbonyl (C=O) groups is 2. The van der Waals surface area contributed by atoms with Gasteiger partial charge in [-0.15, -0.1) is 0 Å². The molecule has 0 radical (unpaired) electrons. The van der Waals surface area contributed by atoms with E-state index in [4.69, 9.17) is 9.47 Å². The Labute approximate surface area is 175 Å². The average Bonchev–Trinajstić information content (AvgIpc) is 2.75. The van der Waals surface area contributed by atoms with Crippen LogP contribution in [0.2, 0.25) is 0 Å². The number of aryl methyl sites for hydroxylation is 1. The lowest BCUT2D eigenvalue weighted by Gasteiger charge is -2.12. The fourth-order valence-electron chi connectivity index (χ4n) is 2.87. The first-order valence-electron chi connectivity index (χ1n) is 9.51. The van der Waals surface area contributed by atoms with E-state index in [1.165, 1.54) is 0 Å². The first kappa shape index (κ1) is 20.9. The summed E-state index contributed by atoms with van der Waals surface area (Å²) in [7, 11) is 1.55. The summed E-state index contributed by atoms with van der Waals surface area (Å²) in [5, 5.41) is 5.58. The highest BCUT2D eigenvalue weighted by atomic mass is 16.5. The molecule has 3 rings (SSSR count). The summed E-state index contributed by atoms with van der Waals surface area (Å²) in [5.74, 6) is 0.727. The minimum atomic E-state index is -0.276. The molecule has 6 heteroatoms. The molecule has 0 unspecified atom stereocenters. The number of benzene rings is 3. The molecule has 0 fully saturated rings. The van der Waals surface area contributed by atoms with E-state index in [0.717, 1.165) is 11.1 Å². The Hall–Kier alpha value is -3.80. The zero-order chi connectivity index (χ0) is 21.5. The second-order valence-electron chi connectivity index (χ2n) is 6.77. The van der Waals surface area contributed by atoms with Crippen molar-refractivity contribution in [2.24, 2.45) is 0 Å². The predicted octanol–water partition coefficient (Wildman–Crippen LogP) is 4.58. The molecule has 0 spiro atoms. The molecular weight excluding hydrogens is 380 g/mol. The third kappa shape index (κ3) is 5.17. The summed E-state index contributed by atoms with van der Waals surface area (Å²) in [6.45, 7) is 3.85. The van der Waals surface area contributed by atoms with Crippen LogP contribution in [-0.2, 0) is 4.79 Å². The molecule has 0 aliphatic heterocycles. The minimum absolute atomic E-state index is 0.0969. The Morgan fingerprint density at radius 1 is 0.833 bits per heavy atom. The summed E-state index contributed by atoms with van der Waals surface area (Å²) < 4.78 is 10.9. The van der Waals surface area contributed by atoms with E-state index in [2.05, 4.69) is 10.6 Å². The van der Waals surface area contributed by atoms with Gasteiger partial charge in [0, 0.05) is 11.3 Å². The molecule has 0 saturated carbocycles. The lowest BCUT2D eigenvalue weighted by molar-refractivity contribution is -0.118. The summed E-state index contributed by atoms with van der Waals surface area (Å²) in [6, 6.07) is 19.5. The molecule has 154 valence electrons. The normalized spacial score (nSPS) is 10.2. The number of rotatable bonds is 7. The summed E-state index contributed by atoms with van der Waals surface area (Å²) in [4.78, 5) is 24.6. The zero-order valence-electron chi connectivity index (χ0n) is 17.2. The third-order valence-corrected chi connectivity index (χ3v) is 4.70. The van der Waals surface area contributed by atoms with Gasteiger partial charge in [0.25, 0.3) is 11.8 Å². The molecule has 3 aromatic rings. The SMILES string of the molecule is COc1ccccc1NC(=O)c1ccc(NC(=O)COc2cccc(C)c2C)cc1. The second-order valence-corrected chi connectivity index (χ2v) is 6.77. The molecule has 30 heavy (non-hydrogen) atoms. The first-order chi connectivity index (χ1) is 14.5. The van der Waals surface area contributed by atoms with E-state index in [9.17, 15) is 9.59 Å². The van der Waals surface area contributed by atoms with Crippen molar-refractivity contribution in [1.29, 1.82) is 0 Å². The Bertz CT molecular complexity index is 1050. The number of amides is 2. The number of nitrogens with one attached hydrogen (secondary N) is 2. The summed E-state index contributed by atoms with van der Waals surface area (Å²) in [5.41, 5.74) is 3.75. The average molecular weight is 404 g/mol. The molecule has 0 aromatic heterocycles. The van der Waals surface area contributed by atoms with Gasteiger partial charge in [0.2, 0.25) is 0 Å². The second kappa shape index (κ2) is 9.60. The molecule has 0 aliphatic carbocycles. The smallest absolute Gasteiger partial charge is 0.262 e. The molecule has 0 atom stereocenters. The van der Waals surface area contributed by atoms with Crippen LogP contribution >= 0.6 is 0 Å². The van der Waals surface area contributed by atoms with Gasteiger partial charge in [-0.25, -0.2) is 0 Å². The van der Waals surface area contributed by atoms with Gasteiger partial charge in [0.15, 0.2) is 6.61 Å². The maximum atomic E-state index is 12.5. The molecule has 2 N–H and O–H groups in total. The largest absolute Gasteiger partial charge is 0.495 e. The van der Waals surface area contributed by atoms with Gasteiger partial charge in [0.1, 0.15) is 11.5 Å². The molecule has 2 amide bonds. The van der Waals surface area contributed by atoms with Gasteiger partial charge in [-0.2, -0.15) is 0 Å². The van der Waals surface area contributed by atoms with E-state index in [0.29, 0.717) is 28.4 Å². The molecule has 3 aromatic carbocycles. The monoisotopic (exact) mass is 404 g/mol. The van der Waals surface area contributed by atoms with Crippen molar-refractivity contribution in [2.45, 2.75) is 13.8 Å². The van der Waals surface area contributed by atoms with Gasteiger partial charge < -0.3 is 20.1 Å². The first-order valence-corrected chi connectivity index (χ1v) is 9.51. The topological polar surface area (TPSA) is 76.7 Å². The number of hydrogen-bond acceptors (Lipinski definition) is 4. The lowest BCUT2D eigenvalue weighted by atomic mass is 10.1. The maximum absolute atomic E-state index is 12.5. The predicted molar refractivity (Wildman–Crippen MR) is 117 cm³/mol. The molecular formula is C24H24N2O4. The van der Waals surface area contributed by atoms with E-state index in [1.54, 1.807) is 43.5 Å². The number of methoxy groups -OCH3 is 1. The highest BCUT2D eigenvalue weighted by Crippen LogP contribution is 2.24. The van der Waals surface area contributed by atoms with Crippen molar-refractivity contribution in [3.05, 3.63) is 83.4 Å². The fraction of sp³-hybridized carbons (Fsp3) is 0.167. The fourth-order valence-corrected chi connectivity index (χ4v) is 2.87. The number of para-hydroxylation sites is 2. The summed E-state index contributed by atoms with van der Waals surface area (Å²) >= 11 is 0. The van der Waals surface area contributed by atoms with Crippen molar-refractivity contribution in [3.63, 3.8) is 0 Å². The van der Waals surface area contributed by atoms with Crippen LogP contribution in [0, 0.1) is 13.8 Å². The van der Waals surface area contributed by atoms with Crippen molar-refractivity contribution in [3.8, 4) is 11.5 Å². The van der Waals surface area contributed by atoms with Crippen LogP contribution in [0.4, 0.5) is 11.4 Å². The zero-order valence-corrected chi connectivity index (χ0v) is 17.2. The highest BCUT2D eigenvalue weighted by Gasteiger charge is 2.11. The van der Waals surface area contributed by atoms with E-state index in [-0.39, 0.29) is 18.4 Å². The van der Waals surface area contributed by atoms with Crippen LogP contribution in [-0.4, -0.2) is 25.5 Å². The van der Waals surface area contributed by atoms with Crippen LogP contribution in [0.1, 0.15) is 21.5 Å². The Balaban J connectivity index is 1.56. The molecule has 6 nitrogen and oxygen atoms in total. The van der Waals surface area contributed by atoms with Gasteiger partial charge in [-0.05, 0) is 67.4 Å². The van der Waals surface area contributed by atoms with Crippen molar-refractivity contribution in [2.75, 3.05) is 24.4 Å². The van der Waals surface area contributed by atoms with Crippen molar-refractivity contribution >= 4 is 23.2 Å². The Kier molecular flexibility index (Phi) is 6.70. The quantitative estimate of drug-likeness (QED) is 0.604. The van der Waals surface area contributed by atoms with Crippen LogP contribution < -0.4 is 20.1 Å². The van der Waals surface area contributed by atoms with E-state index >= 15 is 0 Å². The number of ether oxygens (including phenoxy) is 2. The standard InChI is InChI=1S/C24H24N2O4/c1-16-7-6-10-21(17(16)2)30-15-23(27)25-19-13-11-18(12-14-19)24(28)26-20-8-4-5-9-22(20)29-3/h4-14H,15H2,1-3H3,(H,25,27)(H,26,28). The van der Waals surface area contributed by atoms with Gasteiger partial charge in [0.05, 0.1) is 12.8 Å². The molecule has 0 heterocycles. The van der Waals surface area contributed by atoms with Crippen LogP contribution in [0.3, 0.4) is 0 Å². The summed E-state index contributed by atoms with van der Waals surface area (Å²) in [6.07, 6.45) is 0. The van der Waals surface area contributed by atoms with Crippen LogP contribution in [0.15, 0.2) is 66.7 Å². The Morgan fingerprint density at radius 3 is 2.27 bits per heavy atom. The maximum Gasteiger partial charge on any atom is 0.262 e. The minimum Gasteiger partial charge on any atom is -0.495 e. The molecule has 0 saturated heterocycles. The van der Waals surface area contributed by atoms with Gasteiger partial charge >= 0.3 is 0 Å². The van der Waals surface area contributed by atoms with Crippen LogP contribution in [0.5, 0.6) is 11.5 Å². The molecule has 0 aliphatic rings. The van der Waals surface area contributed by atoms with E-state index in [1.807, 2.05) is 44.2 Å². The number of anilines is 2. The van der Waals surface area contributed by atoms with Crippen molar-refractivity contribution in [1.82, 2.24) is 0 Å². The third-order valence-electron chi connectivity index (χ3n) is 4.70. The number of carbonyl (C=O) groups excluding carboxylic acids is 2. The molecule has 0 bridgehead atoms.